The van der Waals surface area contributed by atoms with Crippen LogP contribution in [-0.2, 0) is 33.8 Å². The summed E-state index contributed by atoms with van der Waals surface area (Å²) in [6.07, 6.45) is 2.09. The number of hydrogen-bond acceptors (Lipinski definition) is 4. The summed E-state index contributed by atoms with van der Waals surface area (Å²) in [6, 6.07) is 23.6. The molecule has 0 radical (unpaired) electrons. The molecule has 4 aromatic rings. The SMILES string of the molecule is CCc1ccccc1NC(=O)CNC(=O)[C@H](Cc1c[nH]c2ccccc12)NC(=O)OCc1ccccc1. The number of nitrogens with one attached hydrogen (secondary N) is 4. The van der Waals surface area contributed by atoms with E-state index in [0.29, 0.717) is 5.69 Å². The molecule has 4 N–H and O–H groups in total. The molecule has 1 heterocycles. The van der Waals surface area contributed by atoms with E-state index in [1.807, 2.05) is 92.0 Å². The lowest BCUT2D eigenvalue weighted by Crippen LogP contribution is -2.49. The minimum Gasteiger partial charge on any atom is -0.445 e. The van der Waals surface area contributed by atoms with Gasteiger partial charge >= 0.3 is 6.09 Å². The van der Waals surface area contributed by atoms with Crippen molar-refractivity contribution in [2.75, 3.05) is 11.9 Å². The van der Waals surface area contributed by atoms with Crippen molar-refractivity contribution in [2.45, 2.75) is 32.4 Å². The van der Waals surface area contributed by atoms with E-state index in [0.717, 1.165) is 34.0 Å². The quantitative estimate of drug-likeness (QED) is 0.261. The van der Waals surface area contributed by atoms with E-state index in [4.69, 9.17) is 4.74 Å². The Hall–Kier alpha value is -4.59. The number of hydrogen-bond donors (Lipinski definition) is 4. The van der Waals surface area contributed by atoms with Crippen molar-refractivity contribution in [1.82, 2.24) is 15.6 Å². The number of carbonyl (C=O) groups is 3. The summed E-state index contributed by atoms with van der Waals surface area (Å²) in [7, 11) is 0. The highest BCUT2D eigenvalue weighted by atomic mass is 16.5. The summed E-state index contributed by atoms with van der Waals surface area (Å²) in [5, 5.41) is 9.10. The lowest BCUT2D eigenvalue weighted by atomic mass is 10.0. The smallest absolute Gasteiger partial charge is 0.408 e. The van der Waals surface area contributed by atoms with E-state index < -0.39 is 18.0 Å². The third-order valence-electron chi connectivity index (χ3n) is 6.02. The lowest BCUT2D eigenvalue weighted by Gasteiger charge is -2.18. The van der Waals surface area contributed by atoms with Crippen molar-refractivity contribution >= 4 is 34.5 Å². The van der Waals surface area contributed by atoms with Crippen LogP contribution in [-0.4, -0.2) is 35.5 Å². The molecule has 0 aliphatic heterocycles. The predicted molar refractivity (Wildman–Crippen MR) is 143 cm³/mol. The molecule has 3 amide bonds. The lowest BCUT2D eigenvalue weighted by molar-refractivity contribution is -0.125. The minimum atomic E-state index is -0.946. The topological polar surface area (TPSA) is 112 Å². The number of fused-ring (bicyclic) bond motifs is 1. The molecule has 0 aliphatic rings. The van der Waals surface area contributed by atoms with Gasteiger partial charge in [-0.1, -0.05) is 73.7 Å². The first-order chi connectivity index (χ1) is 18.0. The first-order valence-corrected chi connectivity index (χ1v) is 12.2. The standard InChI is InChI=1S/C29H30N4O4/c1-2-21-12-6-8-14-24(21)32-27(34)18-31-28(35)26(16-22-17-30-25-15-9-7-13-23(22)25)33-29(36)37-19-20-10-4-3-5-11-20/h3-15,17,26,30H,2,16,18-19H2,1H3,(H,31,35)(H,32,34)(H,33,36)/t26-/m0/s1. The molecular weight excluding hydrogens is 468 g/mol. The van der Waals surface area contributed by atoms with Crippen LogP contribution in [0, 0.1) is 0 Å². The molecule has 0 spiro atoms. The third kappa shape index (κ3) is 6.98. The van der Waals surface area contributed by atoms with Crippen LogP contribution < -0.4 is 16.0 Å². The van der Waals surface area contributed by atoms with Gasteiger partial charge in [0.1, 0.15) is 12.6 Å². The maximum absolute atomic E-state index is 13.1. The molecule has 0 saturated carbocycles. The Morgan fingerprint density at radius 3 is 2.43 bits per heavy atom. The van der Waals surface area contributed by atoms with Gasteiger partial charge in [0.25, 0.3) is 0 Å². The summed E-state index contributed by atoms with van der Waals surface area (Å²) < 4.78 is 5.33. The van der Waals surface area contributed by atoms with Crippen LogP contribution in [0.15, 0.2) is 85.1 Å². The Labute approximate surface area is 215 Å². The summed E-state index contributed by atoms with van der Waals surface area (Å²) >= 11 is 0. The van der Waals surface area contributed by atoms with Crippen molar-refractivity contribution in [3.8, 4) is 0 Å². The normalized spacial score (nSPS) is 11.5. The third-order valence-corrected chi connectivity index (χ3v) is 6.02. The fourth-order valence-electron chi connectivity index (χ4n) is 4.07. The second-order valence-corrected chi connectivity index (χ2v) is 8.60. The molecule has 0 saturated heterocycles. The number of alkyl carbamates (subject to hydrolysis) is 1. The Balaban J connectivity index is 1.41. The van der Waals surface area contributed by atoms with Crippen molar-refractivity contribution in [1.29, 1.82) is 0 Å². The molecule has 190 valence electrons. The second-order valence-electron chi connectivity index (χ2n) is 8.60. The number of aryl methyl sites for hydroxylation is 1. The molecule has 0 aliphatic carbocycles. The van der Waals surface area contributed by atoms with Gasteiger partial charge in [0.2, 0.25) is 11.8 Å². The van der Waals surface area contributed by atoms with Gasteiger partial charge in [0.15, 0.2) is 0 Å². The number of aromatic nitrogens is 1. The zero-order valence-electron chi connectivity index (χ0n) is 20.6. The summed E-state index contributed by atoms with van der Waals surface area (Å²) in [6.45, 7) is 1.85. The first-order valence-electron chi connectivity index (χ1n) is 12.2. The van der Waals surface area contributed by atoms with Crippen LogP contribution >= 0.6 is 0 Å². The largest absolute Gasteiger partial charge is 0.445 e. The molecular formula is C29H30N4O4. The van der Waals surface area contributed by atoms with Crippen molar-refractivity contribution in [3.05, 3.63) is 102 Å². The average Bonchev–Trinajstić information content (AvgIpc) is 3.34. The number of amides is 3. The molecule has 37 heavy (non-hydrogen) atoms. The van der Waals surface area contributed by atoms with Gasteiger partial charge in [-0.3, -0.25) is 9.59 Å². The average molecular weight is 499 g/mol. The minimum absolute atomic E-state index is 0.0767. The number of H-pyrrole nitrogens is 1. The fourth-order valence-corrected chi connectivity index (χ4v) is 4.07. The van der Waals surface area contributed by atoms with Crippen LogP contribution in [0.25, 0.3) is 10.9 Å². The van der Waals surface area contributed by atoms with E-state index in [-0.39, 0.29) is 25.5 Å². The number of carbonyl (C=O) groups excluding carboxylic acids is 3. The highest BCUT2D eigenvalue weighted by Crippen LogP contribution is 2.19. The molecule has 8 heteroatoms. The van der Waals surface area contributed by atoms with E-state index in [9.17, 15) is 14.4 Å². The summed E-state index contributed by atoms with van der Waals surface area (Å²) in [4.78, 5) is 41.4. The van der Waals surface area contributed by atoms with Crippen molar-refractivity contribution < 1.29 is 19.1 Å². The number of ether oxygens (including phenoxy) is 1. The van der Waals surface area contributed by atoms with Crippen molar-refractivity contribution in [3.63, 3.8) is 0 Å². The zero-order chi connectivity index (χ0) is 26.0. The maximum atomic E-state index is 13.1. The van der Waals surface area contributed by atoms with Crippen molar-refractivity contribution in [2.24, 2.45) is 0 Å². The van der Waals surface area contributed by atoms with E-state index in [1.165, 1.54) is 0 Å². The molecule has 0 unspecified atom stereocenters. The van der Waals surface area contributed by atoms with Gasteiger partial charge in [-0.15, -0.1) is 0 Å². The summed E-state index contributed by atoms with van der Waals surface area (Å²) in [5.41, 5.74) is 4.33. The molecule has 1 aromatic heterocycles. The van der Waals surface area contributed by atoms with Gasteiger partial charge in [0, 0.05) is 29.2 Å². The van der Waals surface area contributed by atoms with Gasteiger partial charge in [-0.25, -0.2) is 4.79 Å². The molecule has 3 aromatic carbocycles. The number of benzene rings is 3. The number of para-hydroxylation sites is 2. The Bertz CT molecular complexity index is 1370. The van der Waals surface area contributed by atoms with E-state index in [1.54, 1.807) is 0 Å². The fraction of sp³-hybridized carbons (Fsp3) is 0.207. The zero-order valence-corrected chi connectivity index (χ0v) is 20.6. The number of aromatic amines is 1. The monoisotopic (exact) mass is 498 g/mol. The Morgan fingerprint density at radius 1 is 0.892 bits per heavy atom. The van der Waals surface area contributed by atoms with E-state index in [2.05, 4.69) is 20.9 Å². The van der Waals surface area contributed by atoms with Gasteiger partial charge in [0.05, 0.1) is 6.54 Å². The Morgan fingerprint density at radius 2 is 1.62 bits per heavy atom. The molecule has 0 fully saturated rings. The molecule has 8 nitrogen and oxygen atoms in total. The van der Waals surface area contributed by atoms with Gasteiger partial charge in [-0.2, -0.15) is 0 Å². The van der Waals surface area contributed by atoms with Crippen LogP contribution in [0.5, 0.6) is 0 Å². The number of rotatable bonds is 10. The molecule has 4 rings (SSSR count). The highest BCUT2D eigenvalue weighted by Gasteiger charge is 2.24. The summed E-state index contributed by atoms with van der Waals surface area (Å²) in [5.74, 6) is -0.840. The first kappa shape index (κ1) is 25.5. The van der Waals surface area contributed by atoms with Crippen LogP contribution in [0.3, 0.4) is 0 Å². The maximum Gasteiger partial charge on any atom is 0.408 e. The Kier molecular flexibility index (Phi) is 8.54. The van der Waals surface area contributed by atoms with Crippen LogP contribution in [0.1, 0.15) is 23.6 Å². The van der Waals surface area contributed by atoms with Gasteiger partial charge < -0.3 is 25.7 Å². The predicted octanol–water partition coefficient (Wildman–Crippen LogP) is 4.32. The van der Waals surface area contributed by atoms with Crippen LogP contribution in [0.2, 0.25) is 0 Å². The molecule has 0 bridgehead atoms. The number of anilines is 1. The highest BCUT2D eigenvalue weighted by molar-refractivity contribution is 5.96. The molecule has 1 atom stereocenters. The van der Waals surface area contributed by atoms with E-state index >= 15 is 0 Å². The van der Waals surface area contributed by atoms with Gasteiger partial charge in [-0.05, 0) is 35.2 Å². The second kappa shape index (κ2) is 12.4. The van der Waals surface area contributed by atoms with Crippen LogP contribution in [0.4, 0.5) is 10.5 Å².